The SMILES string of the molecule is CCN1CCC(Oc2ccc(N)cc2)C1.CCN1CCC(Oc2ccc(Nc3ncc(C(=O)c4cc(F)ccc4OC)c(N)n3)cc2)C1.CCS(=O)(=O)c1ncc(C(=O)c2cc(F)ccc2OC)c(N)n1. The Morgan fingerprint density at radius 1 is 0.662 bits per heavy atom. The highest BCUT2D eigenvalue weighted by Crippen LogP contribution is 2.28. The van der Waals surface area contributed by atoms with Crippen molar-refractivity contribution in [1.82, 2.24) is 29.7 Å². The zero-order valence-electron chi connectivity index (χ0n) is 40.1. The predicted octanol–water partition coefficient (Wildman–Crippen LogP) is 6.63. The lowest BCUT2D eigenvalue weighted by molar-refractivity contribution is 0.102. The summed E-state index contributed by atoms with van der Waals surface area (Å²) in [7, 11) is -0.908. The Hall–Kier alpha value is -7.49. The van der Waals surface area contributed by atoms with Crippen LogP contribution in [0.5, 0.6) is 23.0 Å². The molecule has 2 unspecified atom stereocenters. The van der Waals surface area contributed by atoms with Gasteiger partial charge in [-0.2, -0.15) is 4.98 Å². The molecular formula is C50H58F2N10O8S. The van der Waals surface area contributed by atoms with Crippen LogP contribution in [0.25, 0.3) is 0 Å². The van der Waals surface area contributed by atoms with E-state index >= 15 is 0 Å². The van der Waals surface area contributed by atoms with Gasteiger partial charge in [0.05, 0.1) is 42.2 Å². The summed E-state index contributed by atoms with van der Waals surface area (Å²) in [4.78, 5) is 45.8. The van der Waals surface area contributed by atoms with E-state index in [2.05, 4.69) is 48.9 Å². The molecule has 7 N–H and O–H groups in total. The van der Waals surface area contributed by atoms with Crippen molar-refractivity contribution in [3.63, 3.8) is 0 Å². The van der Waals surface area contributed by atoms with Crippen LogP contribution in [0.4, 0.5) is 37.7 Å². The van der Waals surface area contributed by atoms with Crippen molar-refractivity contribution in [3.05, 3.63) is 131 Å². The number of nitrogen functional groups attached to an aromatic ring is 3. The molecule has 4 heterocycles. The fraction of sp³-hybridized carbons (Fsp3) is 0.320. The van der Waals surface area contributed by atoms with Crippen molar-refractivity contribution in [2.45, 2.75) is 51.0 Å². The van der Waals surface area contributed by atoms with E-state index in [0.29, 0.717) is 6.10 Å². The fourth-order valence-electron chi connectivity index (χ4n) is 7.51. The molecule has 21 heteroatoms. The first kappa shape index (κ1) is 52.9. The quantitative estimate of drug-likeness (QED) is 0.0451. The fourth-order valence-corrected chi connectivity index (χ4v) is 8.21. The number of nitrogens with one attached hydrogen (secondary N) is 1. The topological polar surface area (TPSA) is 253 Å². The van der Waals surface area contributed by atoms with Gasteiger partial charge in [0.2, 0.25) is 32.5 Å². The molecule has 2 fully saturated rings. The molecule has 0 saturated carbocycles. The predicted molar refractivity (Wildman–Crippen MR) is 266 cm³/mol. The summed E-state index contributed by atoms with van der Waals surface area (Å²) in [5.74, 6) is -0.541. The van der Waals surface area contributed by atoms with E-state index in [4.69, 9.17) is 36.1 Å². The van der Waals surface area contributed by atoms with Gasteiger partial charge in [-0.25, -0.2) is 32.2 Å². The minimum absolute atomic E-state index is 0.0227. The van der Waals surface area contributed by atoms with Crippen LogP contribution in [-0.4, -0.2) is 121 Å². The lowest BCUT2D eigenvalue weighted by Gasteiger charge is -2.15. The van der Waals surface area contributed by atoms with E-state index in [1.54, 1.807) is 0 Å². The van der Waals surface area contributed by atoms with Gasteiger partial charge in [-0.15, -0.1) is 0 Å². The standard InChI is InChI=1S/C24H26FN5O3.C14H14FN3O4S.C12H18N2O/c1-3-30-11-10-18(14-30)33-17-7-5-16(6-8-17)28-24-27-13-20(23(26)29-24)22(31)19-12-15(25)4-9-21(19)32-2;1-3-23(20,21)14-17-7-10(13(16)18-14)12(19)9-6-8(15)4-5-11(9)22-2;1-2-14-8-7-12(9-14)15-11-5-3-10(13)4-6-11/h4-9,12-13,18H,3,10-11,14H2,1-2H3,(H3,26,27,28,29);4-7H,3H2,1-2H3,(H2,16,17,18);3-6,12H,2,7-9,13H2,1H3. The first-order chi connectivity index (χ1) is 34.0. The summed E-state index contributed by atoms with van der Waals surface area (Å²) in [6.07, 6.45) is 5.01. The van der Waals surface area contributed by atoms with Gasteiger partial charge in [0.1, 0.15) is 58.5 Å². The molecule has 2 aromatic heterocycles. The molecule has 2 atom stereocenters. The van der Waals surface area contributed by atoms with E-state index in [9.17, 15) is 26.8 Å². The first-order valence-electron chi connectivity index (χ1n) is 22.8. The maximum atomic E-state index is 13.7. The van der Waals surface area contributed by atoms with Gasteiger partial charge in [0.25, 0.3) is 0 Å². The molecule has 8 rings (SSSR count). The third kappa shape index (κ3) is 14.1. The summed E-state index contributed by atoms with van der Waals surface area (Å²) in [6.45, 7) is 12.1. The van der Waals surface area contributed by atoms with Crippen LogP contribution in [0, 0.1) is 11.6 Å². The highest BCUT2D eigenvalue weighted by atomic mass is 32.2. The average molecular weight is 997 g/mol. The summed E-state index contributed by atoms with van der Waals surface area (Å²) < 4.78 is 72.5. The second kappa shape index (κ2) is 24.4. The number of likely N-dealkylation sites (tertiary alicyclic amines) is 2. The van der Waals surface area contributed by atoms with Gasteiger partial charge in [-0.3, -0.25) is 19.4 Å². The molecule has 18 nitrogen and oxygen atoms in total. The Balaban J connectivity index is 0.000000188. The normalized spacial score (nSPS) is 15.6. The van der Waals surface area contributed by atoms with Crippen LogP contribution in [-0.2, 0) is 9.84 Å². The van der Waals surface area contributed by atoms with E-state index in [1.165, 1.54) is 45.5 Å². The van der Waals surface area contributed by atoms with Crippen LogP contribution in [0.2, 0.25) is 0 Å². The Bertz CT molecular complexity index is 2900. The number of hydrogen-bond acceptors (Lipinski definition) is 18. The lowest BCUT2D eigenvalue weighted by Crippen LogP contribution is -2.24. The minimum atomic E-state index is -3.65. The van der Waals surface area contributed by atoms with Crippen molar-refractivity contribution >= 4 is 50.4 Å². The van der Waals surface area contributed by atoms with E-state index in [1.807, 2.05) is 48.5 Å². The second-order valence-electron chi connectivity index (χ2n) is 16.3. The van der Waals surface area contributed by atoms with Gasteiger partial charge in [-0.05, 0) is 111 Å². The van der Waals surface area contributed by atoms with Crippen molar-refractivity contribution in [2.24, 2.45) is 0 Å². The molecule has 2 saturated heterocycles. The minimum Gasteiger partial charge on any atom is -0.496 e. The van der Waals surface area contributed by atoms with Crippen molar-refractivity contribution in [2.75, 3.05) is 81.8 Å². The van der Waals surface area contributed by atoms with Crippen molar-refractivity contribution < 1.29 is 45.7 Å². The van der Waals surface area contributed by atoms with Crippen molar-refractivity contribution in [1.29, 1.82) is 0 Å². The number of nitrogens with two attached hydrogens (primary N) is 3. The van der Waals surface area contributed by atoms with Crippen molar-refractivity contribution in [3.8, 4) is 23.0 Å². The number of carbonyl (C=O) groups is 2. The van der Waals surface area contributed by atoms with Crippen LogP contribution in [0.1, 0.15) is 65.5 Å². The maximum Gasteiger partial charge on any atom is 0.249 e. The molecule has 0 spiro atoms. The molecule has 0 amide bonds. The van der Waals surface area contributed by atoms with Gasteiger partial charge >= 0.3 is 0 Å². The first-order valence-corrected chi connectivity index (χ1v) is 24.4. The number of hydrogen-bond donors (Lipinski definition) is 4. The zero-order chi connectivity index (χ0) is 51.2. The van der Waals surface area contributed by atoms with Crippen LogP contribution in [0.3, 0.4) is 0 Å². The molecule has 376 valence electrons. The Morgan fingerprint density at radius 2 is 1.13 bits per heavy atom. The van der Waals surface area contributed by atoms with Crippen LogP contribution >= 0.6 is 0 Å². The molecule has 2 aliphatic heterocycles. The summed E-state index contributed by atoms with van der Waals surface area (Å²) in [5.41, 5.74) is 18.7. The van der Waals surface area contributed by atoms with Gasteiger partial charge < -0.3 is 41.5 Å². The number of halogens is 2. The number of methoxy groups -OCH3 is 2. The summed E-state index contributed by atoms with van der Waals surface area (Å²) in [6, 6.07) is 22.2. The molecule has 0 bridgehead atoms. The van der Waals surface area contributed by atoms with Gasteiger partial charge in [0, 0.05) is 49.9 Å². The molecule has 0 aliphatic carbocycles. The summed E-state index contributed by atoms with van der Waals surface area (Å²) >= 11 is 0. The third-order valence-corrected chi connectivity index (χ3v) is 13.0. The van der Waals surface area contributed by atoms with E-state index in [-0.39, 0.29) is 63.2 Å². The average Bonchev–Trinajstić information content (AvgIpc) is 4.04. The smallest absolute Gasteiger partial charge is 0.249 e. The van der Waals surface area contributed by atoms with Gasteiger partial charge in [0.15, 0.2) is 0 Å². The number of rotatable bonds is 16. The Kier molecular flexibility index (Phi) is 18.1. The number of benzene rings is 4. The second-order valence-corrected chi connectivity index (χ2v) is 18.4. The van der Waals surface area contributed by atoms with E-state index in [0.717, 1.165) is 99.4 Å². The maximum absolute atomic E-state index is 13.7. The number of carbonyl (C=O) groups excluding carboxylic acids is 2. The highest BCUT2D eigenvalue weighted by molar-refractivity contribution is 7.91. The molecule has 4 aromatic carbocycles. The highest BCUT2D eigenvalue weighted by Gasteiger charge is 2.25. The number of ether oxygens (including phenoxy) is 4. The number of ketones is 2. The van der Waals surface area contributed by atoms with Crippen LogP contribution in [0.15, 0.2) is 102 Å². The lowest BCUT2D eigenvalue weighted by atomic mass is 10.0. The zero-order valence-corrected chi connectivity index (χ0v) is 40.9. The number of aromatic nitrogens is 4. The number of likely N-dealkylation sites (N-methyl/N-ethyl adjacent to an activating group) is 2. The number of anilines is 5. The van der Waals surface area contributed by atoms with Gasteiger partial charge in [-0.1, -0.05) is 20.8 Å². The monoisotopic (exact) mass is 996 g/mol. The summed E-state index contributed by atoms with van der Waals surface area (Å²) in [5, 5.41) is 2.60. The molecule has 2 aliphatic rings. The Labute approximate surface area is 411 Å². The number of sulfone groups is 1. The molecule has 6 aromatic rings. The largest absolute Gasteiger partial charge is 0.496 e. The Morgan fingerprint density at radius 3 is 1.55 bits per heavy atom. The molecule has 71 heavy (non-hydrogen) atoms. The molecule has 0 radical (unpaired) electrons. The van der Waals surface area contributed by atoms with E-state index < -0.39 is 38.2 Å². The third-order valence-electron chi connectivity index (χ3n) is 11.5. The number of nitrogens with zero attached hydrogens (tertiary/aromatic N) is 6. The molecular weight excluding hydrogens is 939 g/mol. The van der Waals surface area contributed by atoms with Crippen LogP contribution < -0.4 is 41.5 Å².